The van der Waals surface area contributed by atoms with Gasteiger partial charge in [-0.15, -0.1) is 0 Å². The first kappa shape index (κ1) is 16.2. The maximum atomic E-state index is 12.1. The van der Waals surface area contributed by atoms with E-state index in [-0.39, 0.29) is 24.8 Å². The lowest BCUT2D eigenvalue weighted by molar-refractivity contribution is -0.180. The van der Waals surface area contributed by atoms with Crippen molar-refractivity contribution in [1.82, 2.24) is 0 Å². The van der Waals surface area contributed by atoms with Crippen molar-refractivity contribution < 1.29 is 29.0 Å². The van der Waals surface area contributed by atoms with Crippen LogP contribution in [-0.4, -0.2) is 35.2 Å². The Morgan fingerprint density at radius 1 is 1.45 bits per heavy atom. The van der Waals surface area contributed by atoms with Gasteiger partial charge in [0, 0.05) is 12.0 Å². The van der Waals surface area contributed by atoms with Gasteiger partial charge in [-0.05, 0) is 39.0 Å². The van der Waals surface area contributed by atoms with Crippen LogP contribution in [-0.2, 0) is 23.9 Å². The lowest BCUT2D eigenvalue weighted by Crippen LogP contribution is -2.44. The second-order valence-electron chi connectivity index (χ2n) is 5.00. The summed E-state index contributed by atoms with van der Waals surface area (Å²) in [5.41, 5.74) is -1.18. The summed E-state index contributed by atoms with van der Waals surface area (Å²) in [5.74, 6) is -2.19. The summed E-state index contributed by atoms with van der Waals surface area (Å²) in [6.07, 6.45) is 2.05. The number of ether oxygens (including phenoxy) is 2. The van der Waals surface area contributed by atoms with Gasteiger partial charge >= 0.3 is 17.9 Å². The summed E-state index contributed by atoms with van der Waals surface area (Å²) in [6.45, 7) is 5.28. The van der Waals surface area contributed by atoms with Gasteiger partial charge in [0.2, 0.25) is 5.60 Å². The SMILES string of the molecule is C=C(C)C(=O)OC1(CCCC(=O)O)CCCCOC1=O. The van der Waals surface area contributed by atoms with Crippen LogP contribution in [0.1, 0.15) is 45.4 Å². The van der Waals surface area contributed by atoms with Crippen LogP contribution in [0, 0.1) is 0 Å². The zero-order valence-electron chi connectivity index (χ0n) is 11.6. The standard InChI is InChI=1S/C14H20O6/c1-10(2)12(17)20-14(8-5-6-11(15)16)7-3-4-9-19-13(14)18/h1,3-9H2,2H3,(H,15,16). The molecule has 6 nitrogen and oxygen atoms in total. The molecule has 1 unspecified atom stereocenters. The van der Waals surface area contributed by atoms with Gasteiger partial charge in [-0.3, -0.25) is 4.79 Å². The lowest BCUT2D eigenvalue weighted by atomic mass is 9.91. The Bertz CT molecular complexity index is 414. The van der Waals surface area contributed by atoms with E-state index in [2.05, 4.69) is 6.58 Å². The van der Waals surface area contributed by atoms with Crippen molar-refractivity contribution in [3.05, 3.63) is 12.2 Å². The molecule has 1 heterocycles. The highest BCUT2D eigenvalue weighted by atomic mass is 16.6. The topological polar surface area (TPSA) is 89.9 Å². The molecule has 112 valence electrons. The molecule has 0 aromatic rings. The van der Waals surface area contributed by atoms with E-state index >= 15 is 0 Å². The van der Waals surface area contributed by atoms with Gasteiger partial charge in [-0.1, -0.05) is 6.58 Å². The Morgan fingerprint density at radius 2 is 2.15 bits per heavy atom. The summed E-state index contributed by atoms with van der Waals surface area (Å²) in [5, 5.41) is 8.68. The third-order valence-electron chi connectivity index (χ3n) is 3.19. The number of esters is 2. The van der Waals surface area contributed by atoms with Crippen molar-refractivity contribution in [1.29, 1.82) is 0 Å². The van der Waals surface area contributed by atoms with Gasteiger partial charge in [0.05, 0.1) is 6.61 Å². The minimum absolute atomic E-state index is 0.0837. The van der Waals surface area contributed by atoms with Crippen LogP contribution >= 0.6 is 0 Å². The van der Waals surface area contributed by atoms with E-state index in [9.17, 15) is 14.4 Å². The molecule has 1 saturated heterocycles. The quantitative estimate of drug-likeness (QED) is 0.591. The summed E-state index contributed by atoms with van der Waals surface area (Å²) >= 11 is 0. The van der Waals surface area contributed by atoms with Gasteiger partial charge < -0.3 is 14.6 Å². The number of carbonyl (C=O) groups excluding carboxylic acids is 2. The molecule has 0 amide bonds. The molecule has 0 bridgehead atoms. The van der Waals surface area contributed by atoms with E-state index in [4.69, 9.17) is 14.6 Å². The van der Waals surface area contributed by atoms with Gasteiger partial charge in [0.15, 0.2) is 0 Å². The highest BCUT2D eigenvalue weighted by Crippen LogP contribution is 2.31. The number of aliphatic carboxylic acids is 1. The summed E-state index contributed by atoms with van der Waals surface area (Å²) in [4.78, 5) is 34.4. The average Bonchev–Trinajstić information content (AvgIpc) is 2.52. The highest BCUT2D eigenvalue weighted by molar-refractivity contribution is 5.91. The fourth-order valence-electron chi connectivity index (χ4n) is 2.07. The third-order valence-corrected chi connectivity index (χ3v) is 3.19. The Morgan fingerprint density at radius 3 is 2.75 bits per heavy atom. The average molecular weight is 284 g/mol. The molecule has 1 atom stereocenters. The number of hydrogen-bond donors (Lipinski definition) is 1. The maximum Gasteiger partial charge on any atom is 0.350 e. The van der Waals surface area contributed by atoms with E-state index in [0.29, 0.717) is 25.9 Å². The second kappa shape index (κ2) is 7.07. The number of rotatable bonds is 6. The molecule has 20 heavy (non-hydrogen) atoms. The molecule has 1 aliphatic heterocycles. The van der Waals surface area contributed by atoms with E-state index in [0.717, 1.165) is 0 Å². The van der Waals surface area contributed by atoms with E-state index in [1.54, 1.807) is 0 Å². The minimum Gasteiger partial charge on any atom is -0.481 e. The predicted molar refractivity (Wildman–Crippen MR) is 69.9 cm³/mol. The van der Waals surface area contributed by atoms with Crippen molar-refractivity contribution in [3.63, 3.8) is 0 Å². The molecule has 0 saturated carbocycles. The summed E-state index contributed by atoms with van der Waals surface area (Å²) in [6, 6.07) is 0. The van der Waals surface area contributed by atoms with E-state index in [1.165, 1.54) is 6.92 Å². The molecule has 0 aromatic carbocycles. The molecule has 0 radical (unpaired) electrons. The van der Waals surface area contributed by atoms with Crippen molar-refractivity contribution in [3.8, 4) is 0 Å². The Kier molecular flexibility index (Phi) is 5.73. The first-order chi connectivity index (χ1) is 9.37. The van der Waals surface area contributed by atoms with Crippen molar-refractivity contribution in [2.75, 3.05) is 6.61 Å². The molecule has 1 aliphatic rings. The smallest absolute Gasteiger partial charge is 0.350 e. The van der Waals surface area contributed by atoms with E-state index in [1.807, 2.05) is 0 Å². The molecule has 6 heteroatoms. The highest BCUT2D eigenvalue weighted by Gasteiger charge is 2.44. The Balaban J connectivity index is 2.85. The molecule has 1 rings (SSSR count). The zero-order chi connectivity index (χ0) is 15.2. The molecule has 0 spiro atoms. The fraction of sp³-hybridized carbons (Fsp3) is 0.643. The second-order valence-corrected chi connectivity index (χ2v) is 5.00. The largest absolute Gasteiger partial charge is 0.481 e. The van der Waals surface area contributed by atoms with Crippen molar-refractivity contribution in [2.45, 2.75) is 51.0 Å². The zero-order valence-corrected chi connectivity index (χ0v) is 11.6. The minimum atomic E-state index is -1.37. The van der Waals surface area contributed by atoms with Crippen LogP contribution in [0.2, 0.25) is 0 Å². The number of hydrogen-bond acceptors (Lipinski definition) is 5. The fourth-order valence-corrected chi connectivity index (χ4v) is 2.07. The van der Waals surface area contributed by atoms with Crippen LogP contribution in [0.25, 0.3) is 0 Å². The molecule has 0 aromatic heterocycles. The molecule has 0 aliphatic carbocycles. The van der Waals surface area contributed by atoms with Crippen molar-refractivity contribution >= 4 is 17.9 Å². The van der Waals surface area contributed by atoms with E-state index < -0.39 is 23.5 Å². The normalized spacial score (nSPS) is 22.6. The number of carbonyl (C=O) groups is 3. The summed E-state index contributed by atoms with van der Waals surface area (Å²) in [7, 11) is 0. The first-order valence-electron chi connectivity index (χ1n) is 6.65. The molecular weight excluding hydrogens is 264 g/mol. The maximum absolute atomic E-state index is 12.1. The van der Waals surface area contributed by atoms with Gasteiger partial charge in [0.25, 0.3) is 0 Å². The van der Waals surface area contributed by atoms with Crippen LogP contribution < -0.4 is 0 Å². The Labute approximate surface area is 117 Å². The summed E-state index contributed by atoms with van der Waals surface area (Å²) < 4.78 is 10.4. The lowest BCUT2D eigenvalue weighted by Gasteiger charge is -2.29. The first-order valence-corrected chi connectivity index (χ1v) is 6.65. The van der Waals surface area contributed by atoms with Crippen LogP contribution in [0.5, 0.6) is 0 Å². The van der Waals surface area contributed by atoms with Gasteiger partial charge in [-0.25, -0.2) is 9.59 Å². The van der Waals surface area contributed by atoms with Gasteiger partial charge in [-0.2, -0.15) is 0 Å². The van der Waals surface area contributed by atoms with Crippen LogP contribution in [0.3, 0.4) is 0 Å². The van der Waals surface area contributed by atoms with Gasteiger partial charge in [0.1, 0.15) is 0 Å². The molecule has 1 fully saturated rings. The monoisotopic (exact) mass is 284 g/mol. The van der Waals surface area contributed by atoms with Crippen LogP contribution in [0.4, 0.5) is 0 Å². The molecular formula is C14H20O6. The van der Waals surface area contributed by atoms with Crippen LogP contribution in [0.15, 0.2) is 12.2 Å². The number of carboxylic acids is 1. The molecule has 1 N–H and O–H groups in total. The third kappa shape index (κ3) is 4.36. The number of carboxylic acid groups (broad SMARTS) is 1. The Hall–Kier alpha value is -1.85. The number of cyclic esters (lactones) is 1. The van der Waals surface area contributed by atoms with Crippen molar-refractivity contribution in [2.24, 2.45) is 0 Å². The predicted octanol–water partition coefficient (Wildman–Crippen LogP) is 1.83.